The molecule has 4 heteroatoms. The Kier molecular flexibility index (Phi) is 5.44. The lowest BCUT2D eigenvalue weighted by Crippen LogP contribution is -2.46. The molecule has 32 heavy (non-hydrogen) atoms. The van der Waals surface area contributed by atoms with Crippen molar-refractivity contribution in [2.45, 2.75) is 20.8 Å². The van der Waals surface area contributed by atoms with Crippen molar-refractivity contribution in [1.29, 1.82) is 0 Å². The topological polar surface area (TPSA) is 31.4 Å². The van der Waals surface area contributed by atoms with Gasteiger partial charge in [-0.25, -0.2) is 0 Å². The van der Waals surface area contributed by atoms with E-state index >= 15 is 0 Å². The van der Waals surface area contributed by atoms with Crippen molar-refractivity contribution >= 4 is 33.7 Å². The fourth-order valence-corrected chi connectivity index (χ4v) is 4.69. The zero-order valence-corrected chi connectivity index (χ0v) is 19.1. The van der Waals surface area contributed by atoms with E-state index in [0.29, 0.717) is 0 Å². The predicted octanol–water partition coefficient (Wildman–Crippen LogP) is 6.23. The highest BCUT2D eigenvalue weighted by molar-refractivity contribution is 5.96. The second-order valence-electron chi connectivity index (χ2n) is 8.78. The molecule has 1 saturated heterocycles. The van der Waals surface area contributed by atoms with Crippen LogP contribution < -0.4 is 15.1 Å². The Morgan fingerprint density at radius 3 is 2.00 bits per heavy atom. The van der Waals surface area contributed by atoms with Crippen LogP contribution in [0.3, 0.4) is 0 Å². The zero-order valence-electron chi connectivity index (χ0n) is 19.1. The largest absolute Gasteiger partial charge is 0.368 e. The van der Waals surface area contributed by atoms with Crippen molar-refractivity contribution in [3.63, 3.8) is 0 Å². The third kappa shape index (κ3) is 4.01. The molecule has 0 atom stereocenters. The number of aromatic nitrogens is 1. The van der Waals surface area contributed by atoms with Crippen molar-refractivity contribution in [3.8, 4) is 0 Å². The quantitative estimate of drug-likeness (QED) is 0.422. The lowest BCUT2D eigenvalue weighted by Gasteiger charge is -2.37. The van der Waals surface area contributed by atoms with E-state index in [1.165, 1.54) is 27.9 Å². The van der Waals surface area contributed by atoms with E-state index in [9.17, 15) is 0 Å². The summed E-state index contributed by atoms with van der Waals surface area (Å²) in [4.78, 5) is 9.62. The third-order valence-corrected chi connectivity index (χ3v) is 6.40. The van der Waals surface area contributed by atoms with E-state index < -0.39 is 0 Å². The number of aryl methyl sites for hydroxylation is 3. The lowest BCUT2D eigenvalue weighted by atomic mass is 10.0. The summed E-state index contributed by atoms with van der Waals surface area (Å²) in [6, 6.07) is 24.0. The molecule has 5 rings (SSSR count). The molecule has 1 aromatic heterocycles. The van der Waals surface area contributed by atoms with Crippen LogP contribution in [0.15, 0.2) is 72.9 Å². The molecule has 1 N–H and O–H groups in total. The van der Waals surface area contributed by atoms with Gasteiger partial charge in [0, 0.05) is 54.8 Å². The molecule has 0 saturated carbocycles. The predicted molar refractivity (Wildman–Crippen MR) is 137 cm³/mol. The maximum absolute atomic E-state index is 4.68. The highest BCUT2D eigenvalue weighted by atomic mass is 15.3. The first-order valence-corrected chi connectivity index (χ1v) is 11.4. The monoisotopic (exact) mass is 422 g/mol. The molecule has 0 spiro atoms. The van der Waals surface area contributed by atoms with Gasteiger partial charge in [0.05, 0.1) is 11.2 Å². The van der Waals surface area contributed by atoms with Gasteiger partial charge in [0.15, 0.2) is 0 Å². The van der Waals surface area contributed by atoms with Crippen LogP contribution in [0.25, 0.3) is 10.9 Å². The lowest BCUT2D eigenvalue weighted by molar-refractivity contribution is 0.653. The molecule has 1 aliphatic heterocycles. The molecule has 2 heterocycles. The van der Waals surface area contributed by atoms with E-state index in [4.69, 9.17) is 0 Å². The van der Waals surface area contributed by atoms with Gasteiger partial charge in [-0.3, -0.25) is 4.98 Å². The number of anilines is 4. The number of para-hydroxylation sites is 1. The summed E-state index contributed by atoms with van der Waals surface area (Å²) in [5.41, 5.74) is 9.55. The molecule has 0 unspecified atom stereocenters. The van der Waals surface area contributed by atoms with Crippen LogP contribution in [-0.2, 0) is 0 Å². The molecule has 162 valence electrons. The summed E-state index contributed by atoms with van der Waals surface area (Å²) < 4.78 is 0. The fraction of sp³-hybridized carbons (Fsp3) is 0.250. The number of rotatable bonds is 4. The van der Waals surface area contributed by atoms with E-state index in [-0.39, 0.29) is 0 Å². The van der Waals surface area contributed by atoms with Gasteiger partial charge in [0.25, 0.3) is 0 Å². The summed E-state index contributed by atoms with van der Waals surface area (Å²) >= 11 is 0. The number of hydrogen-bond donors (Lipinski definition) is 1. The first-order valence-electron chi connectivity index (χ1n) is 11.4. The summed E-state index contributed by atoms with van der Waals surface area (Å²) in [6.45, 7) is 10.6. The maximum Gasteiger partial charge on any atom is 0.0752 e. The first kappa shape index (κ1) is 20.4. The van der Waals surface area contributed by atoms with E-state index in [2.05, 4.69) is 108 Å². The van der Waals surface area contributed by atoms with Crippen LogP contribution >= 0.6 is 0 Å². The van der Waals surface area contributed by atoms with Gasteiger partial charge in [-0.05, 0) is 74.4 Å². The summed E-state index contributed by atoms with van der Waals surface area (Å²) in [7, 11) is 0. The minimum Gasteiger partial charge on any atom is -0.368 e. The molecule has 4 aromatic rings. The molecule has 1 aliphatic rings. The number of nitrogens with zero attached hydrogens (tertiary/aromatic N) is 3. The van der Waals surface area contributed by atoms with Crippen molar-refractivity contribution < 1.29 is 0 Å². The molecule has 4 nitrogen and oxygen atoms in total. The van der Waals surface area contributed by atoms with Gasteiger partial charge in [0.1, 0.15) is 0 Å². The molecular weight excluding hydrogens is 392 g/mol. The zero-order chi connectivity index (χ0) is 22.1. The van der Waals surface area contributed by atoms with Gasteiger partial charge < -0.3 is 15.1 Å². The van der Waals surface area contributed by atoms with Crippen LogP contribution in [0.5, 0.6) is 0 Å². The second-order valence-corrected chi connectivity index (χ2v) is 8.78. The van der Waals surface area contributed by atoms with Gasteiger partial charge >= 0.3 is 0 Å². The van der Waals surface area contributed by atoms with E-state index in [1.54, 1.807) is 0 Å². The van der Waals surface area contributed by atoms with Crippen LogP contribution in [0, 0.1) is 20.8 Å². The molecule has 1 fully saturated rings. The molecule has 0 bridgehead atoms. The number of nitrogens with one attached hydrogen (secondary N) is 1. The standard InChI is InChI=1S/C28H30N4/c1-20-17-21(2)27-26(18-20)28(22(3)19-29-27)30-23-9-11-25(12-10-23)32-15-13-31(14-16-32)24-7-5-4-6-8-24/h4-12,17-19H,13-16H2,1-3H3,(H,29,30). The van der Waals surface area contributed by atoms with Crippen molar-refractivity contribution in [1.82, 2.24) is 4.98 Å². The van der Waals surface area contributed by atoms with Gasteiger partial charge in [-0.2, -0.15) is 0 Å². The number of hydrogen-bond acceptors (Lipinski definition) is 4. The third-order valence-electron chi connectivity index (χ3n) is 6.40. The van der Waals surface area contributed by atoms with Crippen LogP contribution in [0.4, 0.5) is 22.7 Å². The van der Waals surface area contributed by atoms with Crippen LogP contribution in [-0.4, -0.2) is 31.2 Å². The van der Waals surface area contributed by atoms with E-state index in [0.717, 1.165) is 48.6 Å². The van der Waals surface area contributed by atoms with Crippen LogP contribution in [0.2, 0.25) is 0 Å². The van der Waals surface area contributed by atoms with Gasteiger partial charge in [-0.1, -0.05) is 29.8 Å². The normalized spacial score (nSPS) is 14.1. The summed E-state index contributed by atoms with van der Waals surface area (Å²) in [5, 5.41) is 4.85. The average molecular weight is 423 g/mol. The maximum atomic E-state index is 4.68. The minimum absolute atomic E-state index is 1.04. The van der Waals surface area contributed by atoms with Crippen molar-refractivity contribution in [3.05, 3.63) is 89.6 Å². The second kappa shape index (κ2) is 8.54. The number of piperazine rings is 1. The van der Waals surface area contributed by atoms with Gasteiger partial charge in [0.2, 0.25) is 0 Å². The Morgan fingerprint density at radius 1 is 0.719 bits per heavy atom. The Labute approximate surface area is 190 Å². The molecular formula is C28H30N4. The van der Waals surface area contributed by atoms with Gasteiger partial charge in [-0.15, -0.1) is 0 Å². The van der Waals surface area contributed by atoms with E-state index in [1.807, 2.05) is 6.20 Å². The molecule has 0 amide bonds. The molecule has 0 aliphatic carbocycles. The van der Waals surface area contributed by atoms with Crippen molar-refractivity contribution in [2.24, 2.45) is 0 Å². The number of benzene rings is 3. The number of fused-ring (bicyclic) bond motifs is 1. The Morgan fingerprint density at radius 2 is 1.34 bits per heavy atom. The highest BCUT2D eigenvalue weighted by Crippen LogP contribution is 2.32. The average Bonchev–Trinajstić information content (AvgIpc) is 2.82. The Balaban J connectivity index is 1.32. The van der Waals surface area contributed by atoms with Crippen molar-refractivity contribution in [2.75, 3.05) is 41.3 Å². The summed E-state index contributed by atoms with van der Waals surface area (Å²) in [5.74, 6) is 0. The molecule has 3 aromatic carbocycles. The SMILES string of the molecule is Cc1cc(C)c2ncc(C)c(Nc3ccc(N4CCN(c5ccccc5)CC4)cc3)c2c1. The van der Waals surface area contributed by atoms with Crippen LogP contribution in [0.1, 0.15) is 16.7 Å². The summed E-state index contributed by atoms with van der Waals surface area (Å²) in [6.07, 6.45) is 1.97. The fourth-order valence-electron chi connectivity index (χ4n) is 4.69. The first-order chi connectivity index (χ1) is 15.6. The smallest absolute Gasteiger partial charge is 0.0752 e. The molecule has 0 radical (unpaired) electrons. The number of pyridine rings is 1. The Bertz CT molecular complexity index is 1220. The minimum atomic E-state index is 1.04. The highest BCUT2D eigenvalue weighted by Gasteiger charge is 2.17. The Hall–Kier alpha value is -3.53.